The minimum absolute atomic E-state index is 0.0386. The molecule has 0 aliphatic carbocycles. The highest BCUT2D eigenvalue weighted by atomic mass is 16.7. The lowest BCUT2D eigenvalue weighted by atomic mass is 9.79. The number of anilines is 1. The van der Waals surface area contributed by atoms with Gasteiger partial charge >= 0.3 is 7.12 Å². The molecule has 1 aromatic heterocycles. The fourth-order valence-electron chi connectivity index (χ4n) is 4.96. The number of nitrogens with one attached hydrogen (secondary N) is 1. The van der Waals surface area contributed by atoms with E-state index in [1.54, 1.807) is 6.20 Å². The Bertz CT molecular complexity index is 1210. The quantitative estimate of drug-likeness (QED) is 0.577. The van der Waals surface area contributed by atoms with E-state index in [1.165, 1.54) is 0 Å². The van der Waals surface area contributed by atoms with E-state index in [4.69, 9.17) is 14.3 Å². The van der Waals surface area contributed by atoms with Gasteiger partial charge in [-0.05, 0) is 88.6 Å². The second-order valence-corrected chi connectivity index (χ2v) is 10.7. The zero-order chi connectivity index (χ0) is 24.8. The predicted molar refractivity (Wildman–Crippen MR) is 141 cm³/mol. The zero-order valence-corrected chi connectivity index (χ0v) is 21.3. The summed E-state index contributed by atoms with van der Waals surface area (Å²) in [6, 6.07) is 15.9. The fraction of sp³-hybridized carbons (Fsp3) is 0.429. The van der Waals surface area contributed by atoms with Crippen LogP contribution >= 0.6 is 0 Å². The van der Waals surface area contributed by atoms with Crippen LogP contribution in [0.1, 0.15) is 56.5 Å². The van der Waals surface area contributed by atoms with Gasteiger partial charge in [0.15, 0.2) is 0 Å². The molecule has 35 heavy (non-hydrogen) atoms. The Morgan fingerprint density at radius 2 is 1.77 bits per heavy atom. The van der Waals surface area contributed by atoms with E-state index in [0.29, 0.717) is 5.56 Å². The maximum atomic E-state index is 14.0. The Kier molecular flexibility index (Phi) is 6.20. The summed E-state index contributed by atoms with van der Waals surface area (Å²) in [5.74, 6) is 0.691. The van der Waals surface area contributed by atoms with E-state index in [2.05, 4.69) is 24.4 Å². The lowest BCUT2D eigenvalue weighted by Gasteiger charge is -2.35. The van der Waals surface area contributed by atoms with Crippen molar-refractivity contribution >= 4 is 35.1 Å². The first kappa shape index (κ1) is 24.0. The van der Waals surface area contributed by atoms with Crippen molar-refractivity contribution in [1.82, 2.24) is 10.3 Å². The number of nitrogens with zero attached hydrogens (tertiary/aromatic N) is 2. The summed E-state index contributed by atoms with van der Waals surface area (Å²) in [6.45, 7) is 12.0. The van der Waals surface area contributed by atoms with Crippen LogP contribution in [0, 0.1) is 6.92 Å². The predicted octanol–water partition coefficient (Wildman–Crippen LogP) is 4.24. The Hall–Kier alpha value is -2.74. The van der Waals surface area contributed by atoms with Crippen LogP contribution in [-0.4, -0.2) is 48.3 Å². The average molecular weight is 471 g/mol. The number of carbonyl (C=O) groups excluding carboxylic acids is 1. The molecule has 0 bridgehead atoms. The summed E-state index contributed by atoms with van der Waals surface area (Å²) in [6.07, 6.45) is 3.77. The van der Waals surface area contributed by atoms with E-state index in [1.807, 2.05) is 69.0 Å². The highest BCUT2D eigenvalue weighted by Gasteiger charge is 2.51. The van der Waals surface area contributed by atoms with E-state index >= 15 is 0 Å². The highest BCUT2D eigenvalue weighted by Crippen LogP contribution is 2.36. The third-order valence-corrected chi connectivity index (χ3v) is 7.75. The van der Waals surface area contributed by atoms with Gasteiger partial charge in [-0.1, -0.05) is 30.3 Å². The first-order chi connectivity index (χ1) is 16.7. The molecule has 1 atom stereocenters. The molecule has 2 fully saturated rings. The van der Waals surface area contributed by atoms with Crippen LogP contribution in [0.5, 0.6) is 0 Å². The van der Waals surface area contributed by atoms with E-state index in [9.17, 15) is 4.79 Å². The molecule has 0 spiro atoms. The van der Waals surface area contributed by atoms with Gasteiger partial charge in [-0.2, -0.15) is 0 Å². The van der Waals surface area contributed by atoms with Gasteiger partial charge in [-0.15, -0.1) is 0 Å². The fourth-order valence-corrected chi connectivity index (χ4v) is 4.96. The minimum atomic E-state index is -0.454. The average Bonchev–Trinajstić information content (AvgIpc) is 3.07. The molecular formula is C28H34BN3O3. The van der Waals surface area contributed by atoms with Gasteiger partial charge in [-0.3, -0.25) is 9.69 Å². The van der Waals surface area contributed by atoms with Gasteiger partial charge in [0.05, 0.1) is 17.2 Å². The highest BCUT2D eigenvalue weighted by molar-refractivity contribution is 6.62. The summed E-state index contributed by atoms with van der Waals surface area (Å²) in [5, 5.41) is 5.58. The second kappa shape index (κ2) is 9.05. The Morgan fingerprint density at radius 1 is 1.06 bits per heavy atom. The van der Waals surface area contributed by atoms with Crippen molar-refractivity contribution in [2.45, 2.75) is 64.7 Å². The van der Waals surface area contributed by atoms with Crippen molar-refractivity contribution < 1.29 is 14.1 Å². The number of aromatic nitrogens is 1. The summed E-state index contributed by atoms with van der Waals surface area (Å²) in [7, 11) is -0.454. The summed E-state index contributed by atoms with van der Waals surface area (Å²) in [5.41, 5.74) is 1.83. The van der Waals surface area contributed by atoms with Crippen LogP contribution in [0.25, 0.3) is 10.8 Å². The van der Waals surface area contributed by atoms with E-state index in [-0.39, 0.29) is 11.9 Å². The summed E-state index contributed by atoms with van der Waals surface area (Å²) >= 11 is 0. The number of hydrogen-bond donors (Lipinski definition) is 1. The first-order valence-electron chi connectivity index (χ1n) is 12.5. The van der Waals surface area contributed by atoms with Crippen LogP contribution in [0.2, 0.25) is 0 Å². The molecule has 0 saturated carbocycles. The number of aryl methyl sites for hydroxylation is 1. The standard InChI is InChI=1S/C28H34BN3O3/c1-19-8-6-9-20-15-17-31-25(24(19)20)32(23-10-7-16-30-18-23)26(33)21-11-13-22(14-12-21)29-34-27(2,3)28(4,5)35-29/h6,8-9,11-15,17,23,30H,7,10,16,18H2,1-5H3. The van der Waals surface area contributed by atoms with Crippen LogP contribution < -0.4 is 15.7 Å². The molecule has 3 heterocycles. The van der Waals surface area contributed by atoms with Crippen LogP contribution in [-0.2, 0) is 9.31 Å². The lowest BCUT2D eigenvalue weighted by Crippen LogP contribution is -2.49. The monoisotopic (exact) mass is 471 g/mol. The molecule has 1 amide bonds. The zero-order valence-electron chi connectivity index (χ0n) is 21.3. The molecule has 1 N–H and O–H groups in total. The molecular weight excluding hydrogens is 437 g/mol. The maximum Gasteiger partial charge on any atom is 0.494 e. The Balaban J connectivity index is 1.50. The van der Waals surface area contributed by atoms with Crippen molar-refractivity contribution in [2.75, 3.05) is 18.0 Å². The molecule has 2 saturated heterocycles. The van der Waals surface area contributed by atoms with Crippen LogP contribution in [0.3, 0.4) is 0 Å². The van der Waals surface area contributed by atoms with Crippen molar-refractivity contribution in [3.63, 3.8) is 0 Å². The first-order valence-corrected chi connectivity index (χ1v) is 12.5. The molecule has 7 heteroatoms. The molecule has 1 unspecified atom stereocenters. The number of rotatable bonds is 4. The van der Waals surface area contributed by atoms with E-state index in [0.717, 1.165) is 53.5 Å². The normalized spacial score (nSPS) is 21.3. The third-order valence-electron chi connectivity index (χ3n) is 7.75. The van der Waals surface area contributed by atoms with Gasteiger partial charge in [0, 0.05) is 23.7 Å². The second-order valence-electron chi connectivity index (χ2n) is 10.7. The molecule has 182 valence electrons. The number of amides is 1. The Labute approximate surface area is 208 Å². The molecule has 3 aromatic rings. The number of fused-ring (bicyclic) bond motifs is 1. The smallest absolute Gasteiger partial charge is 0.399 e. The van der Waals surface area contributed by atoms with Crippen LogP contribution in [0.4, 0.5) is 5.82 Å². The van der Waals surface area contributed by atoms with Crippen molar-refractivity contribution in [3.05, 3.63) is 65.9 Å². The number of piperidine rings is 1. The van der Waals surface area contributed by atoms with Crippen molar-refractivity contribution in [3.8, 4) is 0 Å². The molecule has 2 aliphatic heterocycles. The maximum absolute atomic E-state index is 14.0. The van der Waals surface area contributed by atoms with Crippen LogP contribution in [0.15, 0.2) is 54.7 Å². The van der Waals surface area contributed by atoms with Gasteiger partial charge in [0.25, 0.3) is 5.91 Å². The largest absolute Gasteiger partial charge is 0.494 e. The number of benzene rings is 2. The Morgan fingerprint density at radius 3 is 2.43 bits per heavy atom. The molecule has 6 nitrogen and oxygen atoms in total. The lowest BCUT2D eigenvalue weighted by molar-refractivity contribution is 0.00578. The summed E-state index contributed by atoms with van der Waals surface area (Å²) in [4.78, 5) is 20.7. The molecule has 5 rings (SSSR count). The minimum Gasteiger partial charge on any atom is -0.399 e. The number of pyridine rings is 1. The molecule has 0 radical (unpaired) electrons. The van der Waals surface area contributed by atoms with Crippen molar-refractivity contribution in [1.29, 1.82) is 0 Å². The molecule has 2 aromatic carbocycles. The topological polar surface area (TPSA) is 63.7 Å². The van der Waals surface area contributed by atoms with Gasteiger partial charge < -0.3 is 14.6 Å². The van der Waals surface area contributed by atoms with Crippen molar-refractivity contribution in [2.24, 2.45) is 0 Å². The summed E-state index contributed by atoms with van der Waals surface area (Å²) < 4.78 is 12.4. The van der Waals surface area contributed by atoms with Gasteiger partial charge in [-0.25, -0.2) is 4.98 Å². The van der Waals surface area contributed by atoms with Gasteiger partial charge in [0.1, 0.15) is 5.82 Å². The van der Waals surface area contributed by atoms with Gasteiger partial charge in [0.2, 0.25) is 0 Å². The number of hydrogen-bond acceptors (Lipinski definition) is 5. The third kappa shape index (κ3) is 4.37. The van der Waals surface area contributed by atoms with E-state index < -0.39 is 18.3 Å². The number of carbonyl (C=O) groups is 1. The molecule has 2 aliphatic rings. The SMILES string of the molecule is Cc1cccc2ccnc(N(C(=O)c3ccc(B4OC(C)(C)C(C)(C)O4)cc3)C3CCCNC3)c12.